The van der Waals surface area contributed by atoms with Crippen LogP contribution in [0.3, 0.4) is 0 Å². The van der Waals surface area contributed by atoms with Crippen LogP contribution in [0.15, 0.2) is 65.2 Å². The van der Waals surface area contributed by atoms with Gasteiger partial charge in [0, 0.05) is 36.8 Å². The molecular weight excluding hydrogens is 408 g/mol. The van der Waals surface area contributed by atoms with Gasteiger partial charge < -0.3 is 20.1 Å². The molecule has 3 rings (SSSR count). The van der Waals surface area contributed by atoms with Gasteiger partial charge in [-0.2, -0.15) is 0 Å². The zero-order chi connectivity index (χ0) is 23.1. The van der Waals surface area contributed by atoms with E-state index in [1.807, 2.05) is 44.2 Å². The van der Waals surface area contributed by atoms with Crippen LogP contribution in [0.2, 0.25) is 0 Å². The van der Waals surface area contributed by atoms with Crippen LogP contribution >= 0.6 is 0 Å². The third-order valence-electron chi connectivity index (χ3n) is 5.00. The minimum atomic E-state index is -0.497. The van der Waals surface area contributed by atoms with Gasteiger partial charge in [-0.3, -0.25) is 14.4 Å². The zero-order valence-corrected chi connectivity index (χ0v) is 18.3. The van der Waals surface area contributed by atoms with E-state index in [4.69, 9.17) is 4.52 Å². The molecule has 0 bridgehead atoms. The van der Waals surface area contributed by atoms with Crippen molar-refractivity contribution in [3.8, 4) is 11.3 Å². The Bertz CT molecular complexity index is 1070. The topological polar surface area (TPSA) is 105 Å². The van der Waals surface area contributed by atoms with E-state index >= 15 is 0 Å². The van der Waals surface area contributed by atoms with E-state index in [9.17, 15) is 14.4 Å². The van der Waals surface area contributed by atoms with Crippen molar-refractivity contribution in [1.82, 2.24) is 20.7 Å². The maximum Gasteiger partial charge on any atom is 0.273 e. The molecule has 166 valence electrons. The quantitative estimate of drug-likeness (QED) is 0.567. The van der Waals surface area contributed by atoms with E-state index in [2.05, 4.69) is 15.8 Å². The molecule has 1 aromatic heterocycles. The first-order valence-electron chi connectivity index (χ1n) is 10.3. The van der Waals surface area contributed by atoms with Gasteiger partial charge in [0.2, 0.25) is 5.91 Å². The second-order valence-corrected chi connectivity index (χ2v) is 7.61. The highest BCUT2D eigenvalue weighted by molar-refractivity contribution is 5.95. The second kappa shape index (κ2) is 10.4. The molecule has 3 amide bonds. The van der Waals surface area contributed by atoms with Crippen LogP contribution in [0, 0.1) is 0 Å². The monoisotopic (exact) mass is 434 g/mol. The lowest BCUT2D eigenvalue weighted by Crippen LogP contribution is -2.36. The molecule has 0 saturated heterocycles. The summed E-state index contributed by atoms with van der Waals surface area (Å²) in [6.45, 7) is 3.99. The molecule has 3 aromatic rings. The Morgan fingerprint density at radius 1 is 1.00 bits per heavy atom. The van der Waals surface area contributed by atoms with E-state index in [0.29, 0.717) is 11.3 Å². The third-order valence-corrected chi connectivity index (χ3v) is 5.00. The number of rotatable bonds is 8. The third kappa shape index (κ3) is 5.81. The van der Waals surface area contributed by atoms with Gasteiger partial charge in [0.05, 0.1) is 6.54 Å². The lowest BCUT2D eigenvalue weighted by Gasteiger charge is -2.21. The number of hydrogen-bond donors (Lipinski definition) is 2. The van der Waals surface area contributed by atoms with Gasteiger partial charge in [0.15, 0.2) is 11.5 Å². The molecule has 0 aliphatic heterocycles. The number of carbonyl (C=O) groups excluding carboxylic acids is 3. The molecule has 32 heavy (non-hydrogen) atoms. The molecule has 2 N–H and O–H groups in total. The Kier molecular flexibility index (Phi) is 7.38. The average Bonchev–Trinajstić information content (AvgIpc) is 3.31. The molecule has 0 radical (unpaired) electrons. The molecule has 0 atom stereocenters. The van der Waals surface area contributed by atoms with Crippen LogP contribution in [0.1, 0.15) is 40.3 Å². The Balaban J connectivity index is 1.46. The van der Waals surface area contributed by atoms with Gasteiger partial charge in [-0.15, -0.1) is 0 Å². The Morgan fingerprint density at radius 3 is 2.34 bits per heavy atom. The summed E-state index contributed by atoms with van der Waals surface area (Å²) in [4.78, 5) is 38.3. The molecule has 0 unspecified atom stereocenters. The van der Waals surface area contributed by atoms with Gasteiger partial charge in [-0.1, -0.05) is 47.6 Å². The molecule has 1 heterocycles. The predicted octanol–water partition coefficient (Wildman–Crippen LogP) is 2.87. The Labute approximate surface area is 186 Å². The summed E-state index contributed by atoms with van der Waals surface area (Å²) in [6, 6.07) is 18.0. The highest BCUT2D eigenvalue weighted by Crippen LogP contribution is 2.19. The summed E-state index contributed by atoms with van der Waals surface area (Å²) in [5.74, 6) is -0.420. The maximum absolute atomic E-state index is 12.3. The van der Waals surface area contributed by atoms with Gasteiger partial charge in [-0.25, -0.2) is 0 Å². The summed E-state index contributed by atoms with van der Waals surface area (Å²) in [5.41, 5.74) is 2.34. The van der Waals surface area contributed by atoms with Gasteiger partial charge in [0.1, 0.15) is 0 Å². The molecule has 0 saturated carbocycles. The number of nitrogens with zero attached hydrogens (tertiary/aromatic N) is 2. The SMILES string of the molecule is CC(C)N(C)C(=O)c1ccc(CNC(=O)CNC(=O)c2cc(-c3ccccc3)on2)cc1. The summed E-state index contributed by atoms with van der Waals surface area (Å²) in [6.07, 6.45) is 0. The van der Waals surface area contributed by atoms with E-state index < -0.39 is 5.91 Å². The van der Waals surface area contributed by atoms with Crippen LogP contribution in [0.4, 0.5) is 0 Å². The van der Waals surface area contributed by atoms with Crippen LogP contribution < -0.4 is 10.6 Å². The highest BCUT2D eigenvalue weighted by Gasteiger charge is 2.15. The first-order valence-corrected chi connectivity index (χ1v) is 10.3. The first kappa shape index (κ1) is 22.7. The fourth-order valence-electron chi connectivity index (χ4n) is 2.84. The lowest BCUT2D eigenvalue weighted by atomic mass is 10.1. The molecule has 8 heteroatoms. The van der Waals surface area contributed by atoms with Crippen molar-refractivity contribution in [3.63, 3.8) is 0 Å². The van der Waals surface area contributed by atoms with E-state index in [1.165, 1.54) is 6.07 Å². The number of benzene rings is 2. The van der Waals surface area contributed by atoms with Crippen molar-refractivity contribution >= 4 is 17.7 Å². The standard InChI is InChI=1S/C24H26N4O4/c1-16(2)28(3)24(31)19-11-9-17(10-12-19)14-25-22(29)15-26-23(30)20-13-21(32-27-20)18-7-5-4-6-8-18/h4-13,16H,14-15H2,1-3H3,(H,25,29)(H,26,30). The van der Waals surface area contributed by atoms with Crippen molar-refractivity contribution in [2.45, 2.75) is 26.4 Å². The summed E-state index contributed by atoms with van der Waals surface area (Å²) in [5, 5.41) is 9.02. The van der Waals surface area contributed by atoms with Gasteiger partial charge in [-0.05, 0) is 31.5 Å². The van der Waals surface area contributed by atoms with Crippen molar-refractivity contribution in [2.24, 2.45) is 0 Å². The first-order chi connectivity index (χ1) is 15.3. The second-order valence-electron chi connectivity index (χ2n) is 7.61. The molecule has 8 nitrogen and oxygen atoms in total. The Morgan fingerprint density at radius 2 is 1.69 bits per heavy atom. The molecule has 0 fully saturated rings. The Hall–Kier alpha value is -3.94. The van der Waals surface area contributed by atoms with E-state index in [0.717, 1.165) is 11.1 Å². The van der Waals surface area contributed by atoms with E-state index in [1.54, 1.807) is 36.2 Å². The van der Waals surface area contributed by atoms with Crippen molar-refractivity contribution in [3.05, 3.63) is 77.5 Å². The number of carbonyl (C=O) groups is 3. The highest BCUT2D eigenvalue weighted by atomic mass is 16.5. The number of amides is 3. The zero-order valence-electron chi connectivity index (χ0n) is 18.3. The number of hydrogen-bond acceptors (Lipinski definition) is 5. The average molecular weight is 434 g/mol. The number of aromatic nitrogens is 1. The molecular formula is C24H26N4O4. The van der Waals surface area contributed by atoms with Crippen LogP contribution in [0.5, 0.6) is 0 Å². The van der Waals surface area contributed by atoms with E-state index in [-0.39, 0.29) is 36.6 Å². The molecule has 0 aliphatic carbocycles. The van der Waals surface area contributed by atoms with Crippen LogP contribution in [-0.4, -0.2) is 47.4 Å². The smallest absolute Gasteiger partial charge is 0.273 e. The summed E-state index contributed by atoms with van der Waals surface area (Å²) in [7, 11) is 1.76. The number of nitrogens with one attached hydrogen (secondary N) is 2. The summed E-state index contributed by atoms with van der Waals surface area (Å²) < 4.78 is 5.20. The van der Waals surface area contributed by atoms with Crippen LogP contribution in [-0.2, 0) is 11.3 Å². The predicted molar refractivity (Wildman–Crippen MR) is 120 cm³/mol. The largest absolute Gasteiger partial charge is 0.355 e. The normalized spacial score (nSPS) is 10.6. The minimum absolute atomic E-state index is 0.0541. The van der Waals surface area contributed by atoms with Crippen molar-refractivity contribution in [2.75, 3.05) is 13.6 Å². The molecule has 2 aromatic carbocycles. The minimum Gasteiger partial charge on any atom is -0.355 e. The van der Waals surface area contributed by atoms with Gasteiger partial charge in [0.25, 0.3) is 11.8 Å². The fourth-order valence-corrected chi connectivity index (χ4v) is 2.84. The van der Waals surface area contributed by atoms with Crippen LogP contribution in [0.25, 0.3) is 11.3 Å². The fraction of sp³-hybridized carbons (Fsp3) is 0.250. The van der Waals surface area contributed by atoms with Crippen molar-refractivity contribution < 1.29 is 18.9 Å². The molecule has 0 aliphatic rings. The maximum atomic E-state index is 12.3. The lowest BCUT2D eigenvalue weighted by molar-refractivity contribution is -0.120. The summed E-state index contributed by atoms with van der Waals surface area (Å²) >= 11 is 0. The van der Waals surface area contributed by atoms with Gasteiger partial charge >= 0.3 is 0 Å². The molecule has 0 spiro atoms. The van der Waals surface area contributed by atoms with Crippen molar-refractivity contribution in [1.29, 1.82) is 0 Å².